The number of nitrogens with one attached hydrogen (secondary N) is 1. The molecule has 0 atom stereocenters. The van der Waals surface area contributed by atoms with Crippen molar-refractivity contribution in [3.05, 3.63) is 59.7 Å². The van der Waals surface area contributed by atoms with Gasteiger partial charge in [0.2, 0.25) is 5.91 Å². The molecule has 0 fully saturated rings. The number of methoxy groups -OCH3 is 2. The molecular formula is C24H27NO6. The number of amides is 1. The first-order valence-corrected chi connectivity index (χ1v) is 9.65. The minimum Gasteiger partial charge on any atom is -0.497 e. The molecule has 0 aliphatic carbocycles. The zero-order chi connectivity index (χ0) is 23.0. The van der Waals surface area contributed by atoms with Gasteiger partial charge in [0, 0.05) is 28.3 Å². The Morgan fingerprint density at radius 3 is 2.23 bits per heavy atom. The summed E-state index contributed by atoms with van der Waals surface area (Å²) >= 11 is 0. The largest absolute Gasteiger partial charge is 0.497 e. The number of hydrogen-bond acceptors (Lipinski definition) is 6. The Balaban J connectivity index is 1.93. The second kappa shape index (κ2) is 10.4. The highest BCUT2D eigenvalue weighted by atomic mass is 16.5. The lowest BCUT2D eigenvalue weighted by atomic mass is 9.95. The summed E-state index contributed by atoms with van der Waals surface area (Å²) < 4.78 is 15.4. The van der Waals surface area contributed by atoms with Crippen molar-refractivity contribution < 1.29 is 28.6 Å². The summed E-state index contributed by atoms with van der Waals surface area (Å²) in [5, 5.41) is 2.78. The monoisotopic (exact) mass is 425 g/mol. The Morgan fingerprint density at radius 2 is 1.65 bits per heavy atom. The zero-order valence-corrected chi connectivity index (χ0v) is 18.4. The average molecular weight is 425 g/mol. The van der Waals surface area contributed by atoms with Crippen molar-refractivity contribution in [1.82, 2.24) is 0 Å². The molecule has 31 heavy (non-hydrogen) atoms. The van der Waals surface area contributed by atoms with Gasteiger partial charge in [-0.15, -0.1) is 0 Å². The summed E-state index contributed by atoms with van der Waals surface area (Å²) in [5.41, 5.74) is 1.08. The van der Waals surface area contributed by atoms with E-state index in [1.807, 2.05) is 20.8 Å². The first kappa shape index (κ1) is 23.7. The number of hydrogen-bond donors (Lipinski definition) is 1. The molecule has 1 N–H and O–H groups in total. The fourth-order valence-electron chi connectivity index (χ4n) is 2.45. The Labute approximate surface area is 182 Å². The number of Topliss-reactive ketones (excluding diaryl/α,β-unsaturated/α-hetero) is 1. The van der Waals surface area contributed by atoms with Crippen LogP contribution in [0, 0.1) is 5.41 Å². The number of carbonyl (C=O) groups excluding carboxylic acids is 3. The highest BCUT2D eigenvalue weighted by Gasteiger charge is 2.21. The maximum Gasteiger partial charge on any atom is 0.331 e. The van der Waals surface area contributed by atoms with Gasteiger partial charge < -0.3 is 19.5 Å². The number of benzene rings is 2. The normalized spacial score (nSPS) is 11.1. The van der Waals surface area contributed by atoms with E-state index in [0.717, 1.165) is 0 Å². The highest BCUT2D eigenvalue weighted by molar-refractivity contribution is 6.00. The van der Waals surface area contributed by atoms with Crippen LogP contribution in [-0.2, 0) is 14.3 Å². The number of ether oxygens (including phenoxy) is 3. The van der Waals surface area contributed by atoms with Crippen LogP contribution in [0.25, 0.3) is 6.08 Å². The quantitative estimate of drug-likeness (QED) is 0.389. The van der Waals surface area contributed by atoms with Crippen molar-refractivity contribution in [2.75, 3.05) is 26.1 Å². The van der Waals surface area contributed by atoms with Gasteiger partial charge in [0.15, 0.2) is 12.4 Å². The van der Waals surface area contributed by atoms with Crippen LogP contribution in [0.15, 0.2) is 48.5 Å². The lowest BCUT2D eigenvalue weighted by Gasteiger charge is -2.17. The molecule has 164 valence electrons. The molecule has 0 aliphatic heterocycles. The smallest absolute Gasteiger partial charge is 0.331 e. The third-order valence-electron chi connectivity index (χ3n) is 4.33. The molecule has 2 rings (SSSR count). The summed E-state index contributed by atoms with van der Waals surface area (Å²) in [7, 11) is 3.07. The van der Waals surface area contributed by atoms with Crippen LogP contribution in [0.1, 0.15) is 36.7 Å². The molecule has 1 amide bonds. The van der Waals surface area contributed by atoms with Gasteiger partial charge in [0.1, 0.15) is 11.5 Å². The van der Waals surface area contributed by atoms with Gasteiger partial charge in [-0.05, 0) is 48.5 Å². The number of esters is 1. The van der Waals surface area contributed by atoms with Crippen molar-refractivity contribution in [2.45, 2.75) is 20.8 Å². The van der Waals surface area contributed by atoms with Crippen LogP contribution in [0.5, 0.6) is 11.5 Å². The Bertz CT molecular complexity index is 971. The minimum atomic E-state index is -0.660. The molecule has 0 aromatic heterocycles. The lowest BCUT2D eigenvalue weighted by molar-refractivity contribution is -0.136. The van der Waals surface area contributed by atoms with E-state index in [4.69, 9.17) is 14.2 Å². The molecule has 2 aromatic rings. The second-order valence-electron chi connectivity index (χ2n) is 7.75. The molecule has 0 heterocycles. The fraction of sp³-hybridized carbons (Fsp3) is 0.292. The predicted molar refractivity (Wildman–Crippen MR) is 118 cm³/mol. The van der Waals surface area contributed by atoms with Gasteiger partial charge in [-0.1, -0.05) is 20.8 Å². The molecule has 0 saturated carbocycles. The SMILES string of the molecule is COc1ccc(OC)c(/C=C/C(=O)OCC(=O)c2ccc(NC(=O)C(C)(C)C)cc2)c1. The van der Waals surface area contributed by atoms with E-state index in [0.29, 0.717) is 28.3 Å². The molecule has 0 radical (unpaired) electrons. The molecule has 0 unspecified atom stereocenters. The number of carbonyl (C=O) groups is 3. The van der Waals surface area contributed by atoms with Crippen molar-refractivity contribution in [3.8, 4) is 11.5 Å². The van der Waals surface area contributed by atoms with E-state index in [-0.39, 0.29) is 11.7 Å². The van der Waals surface area contributed by atoms with Gasteiger partial charge in [0.25, 0.3) is 0 Å². The van der Waals surface area contributed by atoms with Gasteiger partial charge in [-0.3, -0.25) is 9.59 Å². The van der Waals surface area contributed by atoms with E-state index in [9.17, 15) is 14.4 Å². The molecular weight excluding hydrogens is 398 g/mol. The van der Waals surface area contributed by atoms with E-state index in [2.05, 4.69) is 5.32 Å². The molecule has 0 saturated heterocycles. The van der Waals surface area contributed by atoms with E-state index in [1.165, 1.54) is 19.3 Å². The summed E-state index contributed by atoms with van der Waals surface area (Å²) in [6, 6.07) is 11.6. The third-order valence-corrected chi connectivity index (χ3v) is 4.33. The van der Waals surface area contributed by atoms with Gasteiger partial charge >= 0.3 is 5.97 Å². The molecule has 0 aliphatic rings. The number of anilines is 1. The predicted octanol–water partition coefficient (Wildman–Crippen LogP) is 4.13. The second-order valence-corrected chi connectivity index (χ2v) is 7.75. The molecule has 7 heteroatoms. The topological polar surface area (TPSA) is 90.9 Å². The summed E-state index contributed by atoms with van der Waals surface area (Å²) in [5.74, 6) is 0.0485. The fourth-order valence-corrected chi connectivity index (χ4v) is 2.45. The van der Waals surface area contributed by atoms with Crippen LogP contribution in [0.4, 0.5) is 5.69 Å². The van der Waals surface area contributed by atoms with Crippen molar-refractivity contribution in [2.24, 2.45) is 5.41 Å². The summed E-state index contributed by atoms with van der Waals surface area (Å²) in [6.45, 7) is 5.04. The maximum absolute atomic E-state index is 12.3. The third kappa shape index (κ3) is 6.99. The number of rotatable bonds is 8. The Hall–Kier alpha value is -3.61. The standard InChI is InChI=1S/C24H27NO6/c1-24(2,3)23(28)25-18-9-6-16(7-10-18)20(26)15-31-22(27)13-8-17-14-19(29-4)11-12-21(17)30-5/h6-14H,15H2,1-5H3,(H,25,28)/b13-8+. The van der Waals surface area contributed by atoms with Crippen molar-refractivity contribution in [3.63, 3.8) is 0 Å². The van der Waals surface area contributed by atoms with Gasteiger partial charge in [-0.25, -0.2) is 4.79 Å². The van der Waals surface area contributed by atoms with Gasteiger partial charge in [-0.2, -0.15) is 0 Å². The van der Waals surface area contributed by atoms with Crippen molar-refractivity contribution >= 4 is 29.4 Å². The molecule has 0 spiro atoms. The molecule has 7 nitrogen and oxygen atoms in total. The van der Waals surface area contributed by atoms with E-state index < -0.39 is 18.0 Å². The van der Waals surface area contributed by atoms with Crippen LogP contribution in [-0.4, -0.2) is 38.5 Å². The zero-order valence-electron chi connectivity index (χ0n) is 18.4. The first-order valence-electron chi connectivity index (χ1n) is 9.65. The van der Waals surface area contributed by atoms with Gasteiger partial charge in [0.05, 0.1) is 14.2 Å². The van der Waals surface area contributed by atoms with Crippen LogP contribution in [0.2, 0.25) is 0 Å². The van der Waals surface area contributed by atoms with Crippen LogP contribution < -0.4 is 14.8 Å². The van der Waals surface area contributed by atoms with E-state index >= 15 is 0 Å². The molecule has 0 bridgehead atoms. The maximum atomic E-state index is 12.3. The highest BCUT2D eigenvalue weighted by Crippen LogP contribution is 2.25. The van der Waals surface area contributed by atoms with E-state index in [1.54, 1.807) is 49.6 Å². The molecule has 2 aromatic carbocycles. The summed E-state index contributed by atoms with van der Waals surface area (Å²) in [4.78, 5) is 36.3. The Kier molecular flexibility index (Phi) is 7.96. The van der Waals surface area contributed by atoms with Crippen LogP contribution >= 0.6 is 0 Å². The summed E-state index contributed by atoms with van der Waals surface area (Å²) in [6.07, 6.45) is 2.75. The number of ketones is 1. The lowest BCUT2D eigenvalue weighted by Crippen LogP contribution is -2.27. The average Bonchev–Trinajstić information content (AvgIpc) is 2.75. The first-order chi connectivity index (χ1) is 14.6. The van der Waals surface area contributed by atoms with Crippen LogP contribution in [0.3, 0.4) is 0 Å². The Morgan fingerprint density at radius 1 is 0.968 bits per heavy atom. The minimum absolute atomic E-state index is 0.125. The van der Waals surface area contributed by atoms with Crippen molar-refractivity contribution in [1.29, 1.82) is 0 Å².